The lowest BCUT2D eigenvalue weighted by atomic mass is 9.71. The van der Waals surface area contributed by atoms with Crippen molar-refractivity contribution < 1.29 is 14.3 Å². The Hall–Kier alpha value is -2.36. The number of morpholine rings is 1. The zero-order valence-electron chi connectivity index (χ0n) is 22.4. The third-order valence-electron chi connectivity index (χ3n) is 7.71. The summed E-state index contributed by atoms with van der Waals surface area (Å²) in [7, 11) is 0. The molecule has 37 heavy (non-hydrogen) atoms. The van der Waals surface area contributed by atoms with E-state index in [-0.39, 0.29) is 11.2 Å². The fourth-order valence-corrected chi connectivity index (χ4v) is 6.38. The van der Waals surface area contributed by atoms with Crippen LogP contribution in [-0.2, 0) is 16.7 Å². The Bertz CT molecular complexity index is 1290. The summed E-state index contributed by atoms with van der Waals surface area (Å²) in [4.78, 5) is 20.9. The van der Waals surface area contributed by atoms with Gasteiger partial charge in [0, 0.05) is 53.8 Å². The SMILES string of the molecule is CCN(CC)CCOc1cc2c(cc1SN1CCOCC1)C(=O)c1c([nH]c3cc(CN)ccc13)C2(C)C. The van der Waals surface area contributed by atoms with Crippen molar-refractivity contribution in [3.63, 3.8) is 0 Å². The van der Waals surface area contributed by atoms with E-state index in [4.69, 9.17) is 15.2 Å². The predicted octanol–water partition coefficient (Wildman–Crippen LogP) is 4.56. The number of nitrogens with two attached hydrogens (primary N) is 1. The van der Waals surface area contributed by atoms with Gasteiger partial charge in [-0.1, -0.05) is 39.8 Å². The van der Waals surface area contributed by atoms with E-state index < -0.39 is 0 Å². The molecule has 2 aliphatic rings. The molecule has 0 amide bonds. The second-order valence-electron chi connectivity index (χ2n) is 10.3. The first-order chi connectivity index (χ1) is 17.9. The number of ketones is 1. The number of nitrogens with one attached hydrogen (secondary N) is 1. The van der Waals surface area contributed by atoms with Crippen molar-refractivity contribution in [3.8, 4) is 5.75 Å². The number of nitrogens with zero attached hydrogens (tertiary/aromatic N) is 2. The minimum Gasteiger partial charge on any atom is -0.491 e. The summed E-state index contributed by atoms with van der Waals surface area (Å²) >= 11 is 1.67. The molecule has 7 nitrogen and oxygen atoms in total. The van der Waals surface area contributed by atoms with Gasteiger partial charge in [0.2, 0.25) is 0 Å². The maximum atomic E-state index is 14.0. The maximum absolute atomic E-state index is 14.0. The Morgan fingerprint density at radius 1 is 1.16 bits per heavy atom. The largest absolute Gasteiger partial charge is 0.491 e. The third-order valence-corrected chi connectivity index (χ3v) is 8.85. The minimum atomic E-state index is -0.389. The van der Waals surface area contributed by atoms with E-state index in [1.165, 1.54) is 0 Å². The number of likely N-dealkylation sites (N-methyl/N-ethyl adjacent to an activating group) is 1. The van der Waals surface area contributed by atoms with Crippen LogP contribution in [0.2, 0.25) is 0 Å². The highest BCUT2D eigenvalue weighted by Crippen LogP contribution is 2.47. The summed E-state index contributed by atoms with van der Waals surface area (Å²) in [6.07, 6.45) is 0. The predicted molar refractivity (Wildman–Crippen MR) is 150 cm³/mol. The molecule has 5 rings (SSSR count). The van der Waals surface area contributed by atoms with Crippen LogP contribution in [0.15, 0.2) is 35.2 Å². The summed E-state index contributed by atoms with van der Waals surface area (Å²) < 4.78 is 14.3. The van der Waals surface area contributed by atoms with Crippen LogP contribution in [-0.4, -0.2) is 72.5 Å². The fraction of sp³-hybridized carbons (Fsp3) is 0.483. The Kier molecular flexibility index (Phi) is 7.65. The lowest BCUT2D eigenvalue weighted by Crippen LogP contribution is -2.32. The topological polar surface area (TPSA) is 83.8 Å². The molecule has 198 valence electrons. The molecule has 0 unspecified atom stereocenters. The normalized spacial score (nSPS) is 17.3. The number of aromatic nitrogens is 1. The lowest BCUT2D eigenvalue weighted by Gasteiger charge is -2.33. The van der Waals surface area contributed by atoms with Gasteiger partial charge in [0.15, 0.2) is 5.78 Å². The molecule has 0 saturated carbocycles. The zero-order valence-corrected chi connectivity index (χ0v) is 23.2. The average Bonchev–Trinajstić information content (AvgIpc) is 3.31. The third kappa shape index (κ3) is 4.93. The van der Waals surface area contributed by atoms with Crippen LogP contribution in [0.1, 0.15) is 60.4 Å². The van der Waals surface area contributed by atoms with Crippen molar-refractivity contribution in [2.75, 3.05) is 52.5 Å². The summed E-state index contributed by atoms with van der Waals surface area (Å²) in [5, 5.41) is 0.956. The highest BCUT2D eigenvalue weighted by Gasteiger charge is 2.40. The van der Waals surface area contributed by atoms with Crippen molar-refractivity contribution >= 4 is 28.6 Å². The van der Waals surface area contributed by atoms with Crippen LogP contribution in [0.3, 0.4) is 0 Å². The molecule has 1 fully saturated rings. The van der Waals surface area contributed by atoms with E-state index in [0.29, 0.717) is 26.4 Å². The first-order valence-electron chi connectivity index (χ1n) is 13.3. The molecule has 0 atom stereocenters. The number of carbonyl (C=O) groups excluding carboxylic acids is 1. The fourth-order valence-electron chi connectivity index (χ4n) is 5.40. The standard InChI is InChI=1S/C29H38N4O3S/c1-5-32(6-2)9-14-36-24-17-22-21(16-25(24)37-33-10-12-35-13-11-33)27(34)26-20-8-7-19(18-30)15-23(20)31-28(26)29(22,3)4/h7-8,15-17,31H,5-6,9-14,18,30H2,1-4H3. The van der Waals surface area contributed by atoms with Gasteiger partial charge in [0.05, 0.1) is 23.7 Å². The first kappa shape index (κ1) is 26.3. The number of fused-ring (bicyclic) bond motifs is 4. The van der Waals surface area contributed by atoms with Crippen molar-refractivity contribution in [1.82, 2.24) is 14.2 Å². The molecule has 1 aromatic heterocycles. The minimum absolute atomic E-state index is 0.0644. The van der Waals surface area contributed by atoms with Gasteiger partial charge < -0.3 is 25.1 Å². The van der Waals surface area contributed by atoms with Crippen molar-refractivity contribution in [2.24, 2.45) is 5.73 Å². The maximum Gasteiger partial charge on any atom is 0.195 e. The quantitative estimate of drug-likeness (QED) is 0.399. The van der Waals surface area contributed by atoms with Gasteiger partial charge in [0.25, 0.3) is 0 Å². The van der Waals surface area contributed by atoms with Crippen LogP contribution in [0, 0.1) is 0 Å². The Morgan fingerprint density at radius 2 is 1.92 bits per heavy atom. The Balaban J connectivity index is 1.57. The van der Waals surface area contributed by atoms with Gasteiger partial charge in [-0.2, -0.15) is 0 Å². The Labute approximate surface area is 223 Å². The molecule has 0 radical (unpaired) electrons. The van der Waals surface area contributed by atoms with Crippen LogP contribution in [0.4, 0.5) is 0 Å². The van der Waals surface area contributed by atoms with Crippen LogP contribution in [0.25, 0.3) is 10.9 Å². The van der Waals surface area contributed by atoms with Crippen LogP contribution >= 0.6 is 11.9 Å². The zero-order chi connectivity index (χ0) is 26.2. The summed E-state index contributed by atoms with van der Waals surface area (Å²) in [6, 6.07) is 10.3. The molecule has 0 bridgehead atoms. The molecule has 2 heterocycles. The number of ether oxygens (including phenoxy) is 2. The molecule has 1 aliphatic heterocycles. The van der Waals surface area contributed by atoms with E-state index >= 15 is 0 Å². The molecule has 3 aromatic rings. The molecule has 2 aromatic carbocycles. The summed E-state index contributed by atoms with van der Waals surface area (Å²) in [5.41, 5.74) is 11.0. The van der Waals surface area contributed by atoms with Gasteiger partial charge in [-0.25, -0.2) is 4.31 Å². The monoisotopic (exact) mass is 522 g/mol. The summed E-state index contributed by atoms with van der Waals surface area (Å²) in [6.45, 7) is 15.8. The Morgan fingerprint density at radius 3 is 2.62 bits per heavy atom. The van der Waals surface area contributed by atoms with Crippen molar-refractivity contribution in [1.29, 1.82) is 0 Å². The molecular weight excluding hydrogens is 484 g/mol. The van der Waals surface area contributed by atoms with Gasteiger partial charge in [-0.05, 0) is 54.4 Å². The van der Waals surface area contributed by atoms with E-state index in [0.717, 1.165) is 82.2 Å². The number of carbonyl (C=O) groups is 1. The molecular formula is C29H38N4O3S. The average molecular weight is 523 g/mol. The van der Waals surface area contributed by atoms with Gasteiger partial charge in [0.1, 0.15) is 12.4 Å². The number of benzene rings is 2. The molecule has 1 saturated heterocycles. The molecule has 3 N–H and O–H groups in total. The highest BCUT2D eigenvalue weighted by molar-refractivity contribution is 7.97. The number of hydrogen-bond donors (Lipinski definition) is 2. The highest BCUT2D eigenvalue weighted by atomic mass is 32.2. The number of H-pyrrole nitrogens is 1. The van der Waals surface area contributed by atoms with Gasteiger partial charge >= 0.3 is 0 Å². The van der Waals surface area contributed by atoms with E-state index in [1.54, 1.807) is 11.9 Å². The van der Waals surface area contributed by atoms with Crippen LogP contribution in [0.5, 0.6) is 5.75 Å². The number of hydrogen-bond acceptors (Lipinski definition) is 7. The lowest BCUT2D eigenvalue weighted by molar-refractivity contribution is 0.0772. The van der Waals surface area contributed by atoms with E-state index in [2.05, 4.69) is 60.1 Å². The first-order valence-corrected chi connectivity index (χ1v) is 14.1. The number of aromatic amines is 1. The van der Waals surface area contributed by atoms with Crippen LogP contribution < -0.4 is 10.5 Å². The second-order valence-corrected chi connectivity index (χ2v) is 11.4. The smallest absolute Gasteiger partial charge is 0.195 e. The summed E-state index contributed by atoms with van der Waals surface area (Å²) in [5.74, 6) is 0.905. The molecule has 8 heteroatoms. The van der Waals surface area contributed by atoms with Gasteiger partial charge in [-0.15, -0.1) is 0 Å². The molecule has 1 aliphatic carbocycles. The second kappa shape index (κ2) is 10.8. The number of rotatable bonds is 9. The van der Waals surface area contributed by atoms with E-state index in [1.807, 2.05) is 12.1 Å². The van der Waals surface area contributed by atoms with Crippen molar-refractivity contribution in [2.45, 2.75) is 44.6 Å². The van der Waals surface area contributed by atoms with E-state index in [9.17, 15) is 4.79 Å². The molecule has 0 spiro atoms. The van der Waals surface area contributed by atoms with Crippen molar-refractivity contribution in [3.05, 3.63) is 58.3 Å². The van der Waals surface area contributed by atoms with Gasteiger partial charge in [-0.3, -0.25) is 4.79 Å².